The van der Waals surface area contributed by atoms with Gasteiger partial charge >= 0.3 is 5.95 Å². The summed E-state index contributed by atoms with van der Waals surface area (Å²) in [6.07, 6.45) is 10.9. The van der Waals surface area contributed by atoms with Crippen molar-refractivity contribution in [3.05, 3.63) is 12.2 Å². The Bertz CT molecular complexity index is 152. The topological polar surface area (TPSA) is 21.8 Å². The van der Waals surface area contributed by atoms with Gasteiger partial charge in [-0.05, 0) is 6.42 Å². The largest absolute Gasteiger partial charge is 0.463 e. The molecule has 2 heteroatoms. The van der Waals surface area contributed by atoms with Crippen molar-refractivity contribution >= 4 is 0 Å². The monoisotopic (exact) mass is 184 g/mol. The van der Waals surface area contributed by atoms with Crippen LogP contribution in [0, 0.1) is 0 Å². The van der Waals surface area contributed by atoms with Crippen LogP contribution in [0.5, 0.6) is 0 Å². The number of rotatable bonds is 9. The van der Waals surface area contributed by atoms with Crippen LogP contribution in [0.25, 0.3) is 0 Å². The van der Waals surface area contributed by atoms with Crippen molar-refractivity contribution in [2.45, 2.75) is 51.9 Å². The van der Waals surface area contributed by atoms with Crippen LogP contribution in [0.4, 0.5) is 0 Å². The SMILES string of the molecule is CCCCCCCCCOC1=CO1. The molecule has 0 bridgehead atoms. The fraction of sp³-hybridized carbons (Fsp3) is 0.818. The quantitative estimate of drug-likeness (QED) is 0.511. The lowest BCUT2D eigenvalue weighted by atomic mass is 10.1. The van der Waals surface area contributed by atoms with E-state index in [2.05, 4.69) is 6.92 Å². The van der Waals surface area contributed by atoms with Gasteiger partial charge in [-0.3, -0.25) is 0 Å². The lowest BCUT2D eigenvalue weighted by molar-refractivity contribution is 0.150. The molecule has 1 aliphatic rings. The second-order valence-corrected chi connectivity index (χ2v) is 3.52. The van der Waals surface area contributed by atoms with E-state index in [-0.39, 0.29) is 0 Å². The average Bonchev–Trinajstić information content (AvgIpc) is 2.93. The van der Waals surface area contributed by atoms with Gasteiger partial charge in [0.1, 0.15) is 0 Å². The summed E-state index contributed by atoms with van der Waals surface area (Å²) in [5.74, 6) is 0.714. The first kappa shape index (κ1) is 10.4. The third-order valence-electron chi connectivity index (χ3n) is 2.21. The highest BCUT2D eigenvalue weighted by molar-refractivity contribution is 4.91. The van der Waals surface area contributed by atoms with Gasteiger partial charge in [0.15, 0.2) is 6.26 Å². The van der Waals surface area contributed by atoms with Crippen LogP contribution in [-0.4, -0.2) is 6.61 Å². The Labute approximate surface area is 80.9 Å². The van der Waals surface area contributed by atoms with Gasteiger partial charge in [-0.2, -0.15) is 0 Å². The molecule has 0 aromatic heterocycles. The lowest BCUT2D eigenvalue weighted by Crippen LogP contribution is -1.89. The maximum Gasteiger partial charge on any atom is 0.321 e. The molecule has 1 aliphatic heterocycles. The predicted molar refractivity (Wildman–Crippen MR) is 53.1 cm³/mol. The summed E-state index contributed by atoms with van der Waals surface area (Å²) in [6, 6.07) is 0. The highest BCUT2D eigenvalue weighted by atomic mass is 16.7. The summed E-state index contributed by atoms with van der Waals surface area (Å²) < 4.78 is 9.96. The van der Waals surface area contributed by atoms with Gasteiger partial charge in [0.25, 0.3) is 0 Å². The molecule has 0 spiro atoms. The number of hydrogen-bond donors (Lipinski definition) is 0. The van der Waals surface area contributed by atoms with Gasteiger partial charge in [-0.15, -0.1) is 0 Å². The van der Waals surface area contributed by atoms with E-state index in [0.29, 0.717) is 5.95 Å². The van der Waals surface area contributed by atoms with E-state index in [1.165, 1.54) is 38.5 Å². The molecule has 0 unspecified atom stereocenters. The average molecular weight is 184 g/mol. The van der Waals surface area contributed by atoms with Crippen LogP contribution in [0.15, 0.2) is 12.2 Å². The van der Waals surface area contributed by atoms with Crippen molar-refractivity contribution in [1.82, 2.24) is 0 Å². The van der Waals surface area contributed by atoms with Crippen LogP contribution >= 0.6 is 0 Å². The molecule has 76 valence electrons. The van der Waals surface area contributed by atoms with Crippen LogP contribution in [0.2, 0.25) is 0 Å². The third-order valence-corrected chi connectivity index (χ3v) is 2.21. The Kier molecular flexibility index (Phi) is 5.46. The van der Waals surface area contributed by atoms with Crippen LogP contribution in [-0.2, 0) is 9.47 Å². The van der Waals surface area contributed by atoms with Crippen LogP contribution in [0.1, 0.15) is 51.9 Å². The predicted octanol–water partition coefficient (Wildman–Crippen LogP) is 3.58. The van der Waals surface area contributed by atoms with Gasteiger partial charge in [0.2, 0.25) is 0 Å². The molecule has 0 saturated heterocycles. The maximum absolute atomic E-state index is 5.22. The Morgan fingerprint density at radius 2 is 1.69 bits per heavy atom. The molecular formula is C11H20O2. The molecule has 2 nitrogen and oxygen atoms in total. The molecule has 1 rings (SSSR count). The molecule has 0 saturated carbocycles. The van der Waals surface area contributed by atoms with Gasteiger partial charge in [0, 0.05) is 0 Å². The minimum Gasteiger partial charge on any atom is -0.463 e. The molecule has 0 amide bonds. The molecule has 0 atom stereocenters. The highest BCUT2D eigenvalue weighted by Gasteiger charge is 2.09. The van der Waals surface area contributed by atoms with Gasteiger partial charge < -0.3 is 9.47 Å². The first-order chi connectivity index (χ1) is 6.43. The minimum atomic E-state index is 0.714. The summed E-state index contributed by atoms with van der Waals surface area (Å²) in [5, 5.41) is 0. The zero-order valence-electron chi connectivity index (χ0n) is 8.55. The van der Waals surface area contributed by atoms with Gasteiger partial charge in [-0.1, -0.05) is 45.4 Å². The highest BCUT2D eigenvalue weighted by Crippen LogP contribution is 2.15. The number of ether oxygens (including phenoxy) is 2. The van der Waals surface area contributed by atoms with Gasteiger partial charge in [0.05, 0.1) is 6.61 Å². The standard InChI is InChI=1S/C11H20O2/c1-2-3-4-5-6-7-8-9-12-11-10-13-11/h10H,2-9H2,1H3. The zero-order chi connectivity index (χ0) is 9.36. The summed E-state index contributed by atoms with van der Waals surface area (Å²) in [4.78, 5) is 0. The van der Waals surface area contributed by atoms with Crippen LogP contribution in [0.3, 0.4) is 0 Å². The summed E-state index contributed by atoms with van der Waals surface area (Å²) >= 11 is 0. The van der Waals surface area contributed by atoms with Crippen LogP contribution < -0.4 is 0 Å². The van der Waals surface area contributed by atoms with Gasteiger partial charge in [-0.25, -0.2) is 0 Å². The molecule has 0 radical (unpaired) electrons. The molecule has 0 aliphatic carbocycles. The molecule has 13 heavy (non-hydrogen) atoms. The first-order valence-corrected chi connectivity index (χ1v) is 5.43. The van der Waals surface area contributed by atoms with Crippen molar-refractivity contribution < 1.29 is 9.47 Å². The second-order valence-electron chi connectivity index (χ2n) is 3.52. The molecule has 0 fully saturated rings. The zero-order valence-corrected chi connectivity index (χ0v) is 8.55. The lowest BCUT2D eigenvalue weighted by Gasteiger charge is -2.00. The summed E-state index contributed by atoms with van der Waals surface area (Å²) in [7, 11) is 0. The van der Waals surface area contributed by atoms with Crippen molar-refractivity contribution in [2.75, 3.05) is 6.61 Å². The fourth-order valence-corrected chi connectivity index (χ4v) is 1.32. The second kappa shape index (κ2) is 6.81. The van der Waals surface area contributed by atoms with E-state index in [0.717, 1.165) is 13.0 Å². The molecule has 1 heterocycles. The molecular weight excluding hydrogens is 164 g/mol. The van der Waals surface area contributed by atoms with Crippen molar-refractivity contribution in [2.24, 2.45) is 0 Å². The summed E-state index contributed by atoms with van der Waals surface area (Å²) in [5.41, 5.74) is 0. The van der Waals surface area contributed by atoms with E-state index in [9.17, 15) is 0 Å². The van der Waals surface area contributed by atoms with E-state index in [1.807, 2.05) is 0 Å². The molecule has 0 aromatic carbocycles. The first-order valence-electron chi connectivity index (χ1n) is 5.43. The Morgan fingerprint density at radius 3 is 2.31 bits per heavy atom. The third kappa shape index (κ3) is 6.50. The normalized spacial score (nSPS) is 13.5. The van der Waals surface area contributed by atoms with Crippen molar-refractivity contribution in [3.63, 3.8) is 0 Å². The molecule has 0 aromatic rings. The van der Waals surface area contributed by atoms with E-state index in [4.69, 9.17) is 9.47 Å². The Balaban J connectivity index is 1.66. The van der Waals surface area contributed by atoms with E-state index < -0.39 is 0 Å². The number of unbranched alkanes of at least 4 members (excludes halogenated alkanes) is 6. The van der Waals surface area contributed by atoms with E-state index >= 15 is 0 Å². The minimum absolute atomic E-state index is 0.714. The van der Waals surface area contributed by atoms with E-state index in [1.54, 1.807) is 6.26 Å². The van der Waals surface area contributed by atoms with Crippen molar-refractivity contribution in [3.8, 4) is 0 Å². The maximum atomic E-state index is 5.22. The molecule has 0 N–H and O–H groups in total. The fourth-order valence-electron chi connectivity index (χ4n) is 1.32. The summed E-state index contributed by atoms with van der Waals surface area (Å²) in [6.45, 7) is 3.07. The smallest absolute Gasteiger partial charge is 0.321 e. The number of hydrogen-bond acceptors (Lipinski definition) is 2. The Hall–Kier alpha value is -0.660. The Morgan fingerprint density at radius 1 is 1.08 bits per heavy atom. The van der Waals surface area contributed by atoms with Crippen molar-refractivity contribution in [1.29, 1.82) is 0 Å².